The zero-order chi connectivity index (χ0) is 14.7. The van der Waals surface area contributed by atoms with Crippen LogP contribution in [0.3, 0.4) is 0 Å². The molecule has 0 atom stereocenters. The Morgan fingerprint density at radius 1 is 1.00 bits per heavy atom. The molecular weight excluding hydrogens is 268 g/mol. The highest BCUT2D eigenvalue weighted by atomic mass is 16.5. The molecule has 2 saturated heterocycles. The van der Waals surface area contributed by atoms with E-state index >= 15 is 0 Å². The highest BCUT2D eigenvalue weighted by molar-refractivity contribution is 5.44. The second-order valence-corrected chi connectivity index (χ2v) is 5.73. The van der Waals surface area contributed by atoms with E-state index in [1.165, 1.54) is 19.3 Å². The number of nitrogen functional groups attached to an aromatic ring is 1. The van der Waals surface area contributed by atoms with Gasteiger partial charge in [-0.25, -0.2) is 0 Å². The lowest BCUT2D eigenvalue weighted by atomic mass is 9.95. The number of piperidine rings is 1. The molecule has 0 spiro atoms. The lowest BCUT2D eigenvalue weighted by Crippen LogP contribution is -2.39. The number of morpholine rings is 1. The molecule has 0 bridgehead atoms. The summed E-state index contributed by atoms with van der Waals surface area (Å²) in [5.74, 6) is 2.54. The van der Waals surface area contributed by atoms with E-state index in [0.29, 0.717) is 25.1 Å². The van der Waals surface area contributed by atoms with Crippen LogP contribution >= 0.6 is 0 Å². The largest absolute Gasteiger partial charge is 0.378 e. The first kappa shape index (κ1) is 14.3. The first-order valence-corrected chi connectivity index (χ1v) is 7.85. The Hall–Kier alpha value is -1.63. The molecule has 116 valence electrons. The van der Waals surface area contributed by atoms with Crippen LogP contribution in [0.15, 0.2) is 0 Å². The number of aromatic nitrogens is 3. The monoisotopic (exact) mass is 292 g/mol. The molecule has 2 N–H and O–H groups in total. The molecular formula is C14H24N6O. The van der Waals surface area contributed by atoms with Crippen molar-refractivity contribution in [3.05, 3.63) is 0 Å². The second-order valence-electron chi connectivity index (χ2n) is 5.73. The highest BCUT2D eigenvalue weighted by Gasteiger charge is 2.22. The SMILES string of the molecule is CCC1CCN(c2nc(N)nc(N3CCOCC3)n2)CC1. The third-order valence-electron chi connectivity index (χ3n) is 4.40. The van der Waals surface area contributed by atoms with Crippen molar-refractivity contribution in [3.63, 3.8) is 0 Å². The third-order valence-corrected chi connectivity index (χ3v) is 4.40. The van der Waals surface area contributed by atoms with Crippen molar-refractivity contribution in [3.8, 4) is 0 Å². The van der Waals surface area contributed by atoms with E-state index in [-0.39, 0.29) is 0 Å². The van der Waals surface area contributed by atoms with E-state index < -0.39 is 0 Å². The molecule has 3 heterocycles. The Labute approximate surface area is 125 Å². The Bertz CT molecular complexity index is 469. The molecule has 2 fully saturated rings. The first-order valence-electron chi connectivity index (χ1n) is 7.85. The van der Waals surface area contributed by atoms with Gasteiger partial charge in [0.25, 0.3) is 0 Å². The zero-order valence-electron chi connectivity index (χ0n) is 12.7. The van der Waals surface area contributed by atoms with Crippen LogP contribution in [0, 0.1) is 5.92 Å². The van der Waals surface area contributed by atoms with E-state index in [0.717, 1.165) is 38.0 Å². The Balaban J connectivity index is 1.74. The molecule has 0 saturated carbocycles. The van der Waals surface area contributed by atoms with Crippen LogP contribution in [0.1, 0.15) is 26.2 Å². The van der Waals surface area contributed by atoms with Gasteiger partial charge in [0.1, 0.15) is 0 Å². The van der Waals surface area contributed by atoms with Crippen LogP contribution in [0.4, 0.5) is 17.8 Å². The quantitative estimate of drug-likeness (QED) is 0.887. The van der Waals surface area contributed by atoms with E-state index in [9.17, 15) is 0 Å². The molecule has 7 heteroatoms. The van der Waals surface area contributed by atoms with Crippen LogP contribution < -0.4 is 15.5 Å². The first-order chi connectivity index (χ1) is 10.3. The summed E-state index contributed by atoms with van der Waals surface area (Å²) in [6, 6.07) is 0. The summed E-state index contributed by atoms with van der Waals surface area (Å²) in [4.78, 5) is 17.6. The normalized spacial score (nSPS) is 20.8. The molecule has 7 nitrogen and oxygen atoms in total. The Kier molecular flexibility index (Phi) is 4.38. The minimum Gasteiger partial charge on any atom is -0.378 e. The smallest absolute Gasteiger partial charge is 0.232 e. The number of hydrogen-bond donors (Lipinski definition) is 1. The fraction of sp³-hybridized carbons (Fsp3) is 0.786. The number of nitrogens with zero attached hydrogens (tertiary/aromatic N) is 5. The fourth-order valence-electron chi connectivity index (χ4n) is 2.96. The molecule has 2 aliphatic rings. The van der Waals surface area contributed by atoms with Gasteiger partial charge in [-0.1, -0.05) is 13.3 Å². The van der Waals surface area contributed by atoms with Gasteiger partial charge in [-0.2, -0.15) is 15.0 Å². The number of rotatable bonds is 3. The lowest BCUT2D eigenvalue weighted by Gasteiger charge is -2.32. The van der Waals surface area contributed by atoms with Crippen molar-refractivity contribution in [1.29, 1.82) is 0 Å². The van der Waals surface area contributed by atoms with Crippen LogP contribution in [0.2, 0.25) is 0 Å². The average molecular weight is 292 g/mol. The summed E-state index contributed by atoms with van der Waals surface area (Å²) in [6.45, 7) is 7.31. The van der Waals surface area contributed by atoms with Crippen molar-refractivity contribution >= 4 is 17.8 Å². The summed E-state index contributed by atoms with van der Waals surface area (Å²) in [7, 11) is 0. The van der Waals surface area contributed by atoms with Crippen molar-refractivity contribution in [1.82, 2.24) is 15.0 Å². The fourth-order valence-corrected chi connectivity index (χ4v) is 2.96. The summed E-state index contributed by atoms with van der Waals surface area (Å²) in [5.41, 5.74) is 5.88. The van der Waals surface area contributed by atoms with Crippen LogP contribution in [-0.2, 0) is 4.74 Å². The average Bonchev–Trinajstić information content (AvgIpc) is 2.55. The summed E-state index contributed by atoms with van der Waals surface area (Å²) in [6.07, 6.45) is 3.66. The van der Waals surface area contributed by atoms with Crippen LogP contribution in [-0.4, -0.2) is 54.3 Å². The number of ether oxygens (including phenoxy) is 1. The van der Waals surface area contributed by atoms with E-state index in [4.69, 9.17) is 10.5 Å². The Morgan fingerprint density at radius 3 is 2.14 bits per heavy atom. The van der Waals surface area contributed by atoms with Gasteiger partial charge in [-0.15, -0.1) is 0 Å². The minimum atomic E-state index is 0.305. The molecule has 0 aromatic carbocycles. The number of hydrogen-bond acceptors (Lipinski definition) is 7. The summed E-state index contributed by atoms with van der Waals surface area (Å²) in [5, 5.41) is 0. The minimum absolute atomic E-state index is 0.305. The van der Waals surface area contributed by atoms with Gasteiger partial charge in [0.2, 0.25) is 17.8 Å². The van der Waals surface area contributed by atoms with E-state index in [1.807, 2.05) is 0 Å². The van der Waals surface area contributed by atoms with Gasteiger partial charge in [-0.05, 0) is 18.8 Å². The highest BCUT2D eigenvalue weighted by Crippen LogP contribution is 2.24. The standard InChI is InChI=1S/C14H24N6O/c1-2-11-3-5-19(6-4-11)13-16-12(15)17-14(18-13)20-7-9-21-10-8-20/h11H,2-10H2,1H3,(H2,15,16,17,18). The molecule has 1 aromatic heterocycles. The topological polar surface area (TPSA) is 80.4 Å². The molecule has 21 heavy (non-hydrogen) atoms. The van der Waals surface area contributed by atoms with E-state index in [1.54, 1.807) is 0 Å². The van der Waals surface area contributed by atoms with Gasteiger partial charge in [0.15, 0.2) is 0 Å². The van der Waals surface area contributed by atoms with Crippen LogP contribution in [0.25, 0.3) is 0 Å². The van der Waals surface area contributed by atoms with Gasteiger partial charge in [0.05, 0.1) is 13.2 Å². The predicted octanol–water partition coefficient (Wildman–Crippen LogP) is 0.917. The Morgan fingerprint density at radius 2 is 1.57 bits per heavy atom. The van der Waals surface area contributed by atoms with Crippen LogP contribution in [0.5, 0.6) is 0 Å². The predicted molar refractivity (Wildman–Crippen MR) is 82.5 cm³/mol. The molecule has 1 aromatic rings. The van der Waals surface area contributed by atoms with E-state index in [2.05, 4.69) is 31.7 Å². The molecule has 0 aliphatic carbocycles. The van der Waals surface area contributed by atoms with Gasteiger partial charge in [-0.3, -0.25) is 0 Å². The zero-order valence-corrected chi connectivity index (χ0v) is 12.7. The van der Waals surface area contributed by atoms with Crippen molar-refractivity contribution < 1.29 is 4.74 Å². The molecule has 0 unspecified atom stereocenters. The number of nitrogens with two attached hydrogens (primary N) is 1. The maximum atomic E-state index is 5.88. The molecule has 2 aliphatic heterocycles. The third kappa shape index (κ3) is 3.34. The number of anilines is 3. The van der Waals surface area contributed by atoms with Gasteiger partial charge >= 0.3 is 0 Å². The lowest BCUT2D eigenvalue weighted by molar-refractivity contribution is 0.122. The molecule has 0 amide bonds. The summed E-state index contributed by atoms with van der Waals surface area (Å²) >= 11 is 0. The summed E-state index contributed by atoms with van der Waals surface area (Å²) < 4.78 is 5.37. The molecule has 3 rings (SSSR count). The second kappa shape index (κ2) is 6.43. The maximum absolute atomic E-state index is 5.88. The van der Waals surface area contributed by atoms with Gasteiger partial charge in [0, 0.05) is 26.2 Å². The maximum Gasteiger partial charge on any atom is 0.232 e. The van der Waals surface area contributed by atoms with Crippen molar-refractivity contribution in [2.75, 3.05) is 54.9 Å². The van der Waals surface area contributed by atoms with Crippen molar-refractivity contribution in [2.24, 2.45) is 5.92 Å². The van der Waals surface area contributed by atoms with Gasteiger partial charge < -0.3 is 20.3 Å². The van der Waals surface area contributed by atoms with Crippen molar-refractivity contribution in [2.45, 2.75) is 26.2 Å². The molecule has 0 radical (unpaired) electrons.